The second-order valence-corrected chi connectivity index (χ2v) is 9.52. The van der Waals surface area contributed by atoms with Crippen molar-refractivity contribution in [3.05, 3.63) is 52.6 Å². The molecule has 1 atom stereocenters. The van der Waals surface area contributed by atoms with E-state index in [0.29, 0.717) is 67.0 Å². The number of aliphatic hydroxyl groups is 1. The number of nitrogens with zero attached hydrogens (tertiary/aromatic N) is 7. The number of aromatic nitrogens is 5. The van der Waals surface area contributed by atoms with Crippen LogP contribution < -0.4 is 16.2 Å². The van der Waals surface area contributed by atoms with Gasteiger partial charge in [-0.3, -0.25) is 9.36 Å². The molecule has 4 aromatic rings. The van der Waals surface area contributed by atoms with Crippen LogP contribution in [-0.4, -0.2) is 54.5 Å². The van der Waals surface area contributed by atoms with Crippen molar-refractivity contribution in [1.82, 2.24) is 24.1 Å². The largest absolute Gasteiger partial charge is 0.393 e. The van der Waals surface area contributed by atoms with Gasteiger partial charge in [0.1, 0.15) is 5.52 Å². The monoisotopic (exact) mass is 470 g/mol. The highest BCUT2D eigenvalue weighted by molar-refractivity contribution is 5.83. The Morgan fingerprint density at radius 2 is 1.94 bits per heavy atom. The van der Waals surface area contributed by atoms with Crippen molar-refractivity contribution in [3.63, 3.8) is 0 Å². The molecule has 2 fully saturated rings. The van der Waals surface area contributed by atoms with E-state index in [0.717, 1.165) is 17.5 Å². The number of pyridine rings is 2. The molecule has 6 rings (SSSR count). The van der Waals surface area contributed by atoms with Gasteiger partial charge in [-0.2, -0.15) is 10.4 Å². The zero-order valence-electron chi connectivity index (χ0n) is 19.2. The molecule has 0 spiro atoms. The van der Waals surface area contributed by atoms with Crippen LogP contribution in [0.25, 0.3) is 27.9 Å². The summed E-state index contributed by atoms with van der Waals surface area (Å²) in [6, 6.07) is 9.39. The lowest BCUT2D eigenvalue weighted by Gasteiger charge is -2.29. The standard InChI is InChI=1S/C25H26N8O2/c26-12-15-7-10-32-22(11-15)19(13-28-32)20-5-6-21-23(29-20)33(17-1-3-18(34)4-2-17)25(35)24(30-21)31-9-8-16(27)14-31/h5-7,10-11,13,16-18,34H,1-4,8-9,14,27H2. The highest BCUT2D eigenvalue weighted by Crippen LogP contribution is 2.32. The predicted octanol–water partition coefficient (Wildman–Crippen LogP) is 1.99. The number of hydrogen-bond donors (Lipinski definition) is 2. The fraction of sp³-hybridized carbons (Fsp3) is 0.400. The van der Waals surface area contributed by atoms with Crippen LogP contribution in [-0.2, 0) is 0 Å². The van der Waals surface area contributed by atoms with Crippen LogP contribution in [0.15, 0.2) is 41.5 Å². The van der Waals surface area contributed by atoms with Crippen molar-refractivity contribution in [2.75, 3.05) is 18.0 Å². The number of hydrogen-bond acceptors (Lipinski definition) is 8. The second kappa shape index (κ2) is 8.45. The maximum atomic E-state index is 13.8. The summed E-state index contributed by atoms with van der Waals surface area (Å²) in [6.07, 6.45) is 6.66. The van der Waals surface area contributed by atoms with Gasteiger partial charge in [-0.15, -0.1) is 0 Å². The third kappa shape index (κ3) is 3.73. The maximum Gasteiger partial charge on any atom is 0.295 e. The average Bonchev–Trinajstić information content (AvgIpc) is 3.50. The van der Waals surface area contributed by atoms with Gasteiger partial charge in [-0.1, -0.05) is 0 Å². The van der Waals surface area contributed by atoms with Gasteiger partial charge in [0.05, 0.1) is 35.1 Å². The van der Waals surface area contributed by atoms with Gasteiger partial charge in [0.2, 0.25) is 0 Å². The van der Waals surface area contributed by atoms with Crippen LogP contribution in [0.4, 0.5) is 5.82 Å². The molecular weight excluding hydrogens is 444 g/mol. The molecule has 0 aromatic carbocycles. The van der Waals surface area contributed by atoms with E-state index >= 15 is 0 Å². The van der Waals surface area contributed by atoms with Gasteiger partial charge < -0.3 is 15.7 Å². The normalized spacial score (nSPS) is 22.7. The number of nitrogens with two attached hydrogens (primary N) is 1. The summed E-state index contributed by atoms with van der Waals surface area (Å²) >= 11 is 0. The first-order valence-corrected chi connectivity index (χ1v) is 12.0. The van der Waals surface area contributed by atoms with Crippen molar-refractivity contribution in [1.29, 1.82) is 5.26 Å². The van der Waals surface area contributed by atoms with Crippen molar-refractivity contribution < 1.29 is 5.11 Å². The summed E-state index contributed by atoms with van der Waals surface area (Å²) in [6.45, 7) is 1.31. The Bertz CT molecular complexity index is 1530. The minimum absolute atomic E-state index is 0.0274. The van der Waals surface area contributed by atoms with Crippen molar-refractivity contribution in [3.8, 4) is 17.3 Å². The lowest BCUT2D eigenvalue weighted by atomic mass is 9.93. The Balaban J connectivity index is 1.54. The first kappa shape index (κ1) is 21.7. The van der Waals surface area contributed by atoms with Crippen LogP contribution in [0.5, 0.6) is 0 Å². The van der Waals surface area contributed by atoms with Gasteiger partial charge in [0.25, 0.3) is 5.56 Å². The third-order valence-corrected chi connectivity index (χ3v) is 7.20. The lowest BCUT2D eigenvalue weighted by molar-refractivity contribution is 0.111. The molecule has 1 aliphatic carbocycles. The van der Waals surface area contributed by atoms with Crippen LogP contribution >= 0.6 is 0 Å². The molecule has 10 heteroatoms. The first-order valence-electron chi connectivity index (χ1n) is 12.0. The van der Waals surface area contributed by atoms with Crippen molar-refractivity contribution in [2.24, 2.45) is 5.73 Å². The molecule has 3 N–H and O–H groups in total. The first-order chi connectivity index (χ1) is 17.0. The average molecular weight is 471 g/mol. The topological polar surface area (TPSA) is 138 Å². The summed E-state index contributed by atoms with van der Waals surface area (Å²) in [5.74, 6) is 0.417. The molecule has 0 amide bonds. The summed E-state index contributed by atoms with van der Waals surface area (Å²) < 4.78 is 3.49. The zero-order valence-corrected chi connectivity index (χ0v) is 19.2. The summed E-state index contributed by atoms with van der Waals surface area (Å²) in [4.78, 5) is 25.4. The van der Waals surface area contributed by atoms with E-state index in [1.807, 2.05) is 17.0 Å². The summed E-state index contributed by atoms with van der Waals surface area (Å²) in [7, 11) is 0. The molecule has 0 bridgehead atoms. The molecule has 1 saturated heterocycles. The Morgan fingerprint density at radius 1 is 1.11 bits per heavy atom. The molecule has 0 radical (unpaired) electrons. The van der Waals surface area contributed by atoms with Gasteiger partial charge in [0.15, 0.2) is 11.5 Å². The van der Waals surface area contributed by atoms with E-state index in [-0.39, 0.29) is 23.7 Å². The minimum Gasteiger partial charge on any atom is -0.393 e. The number of rotatable bonds is 3. The van der Waals surface area contributed by atoms with Crippen LogP contribution in [0.2, 0.25) is 0 Å². The Kier molecular flexibility index (Phi) is 5.24. The molecule has 2 aliphatic rings. The third-order valence-electron chi connectivity index (χ3n) is 7.20. The number of anilines is 1. The number of aliphatic hydroxyl groups excluding tert-OH is 1. The zero-order chi connectivity index (χ0) is 24.1. The van der Waals surface area contributed by atoms with E-state index in [2.05, 4.69) is 11.2 Å². The minimum atomic E-state index is -0.331. The Morgan fingerprint density at radius 3 is 2.69 bits per heavy atom. The highest BCUT2D eigenvalue weighted by atomic mass is 16.3. The van der Waals surface area contributed by atoms with E-state index in [9.17, 15) is 15.2 Å². The molecule has 10 nitrogen and oxygen atoms in total. The van der Waals surface area contributed by atoms with Crippen molar-refractivity contribution in [2.45, 2.75) is 50.3 Å². The number of nitriles is 1. The predicted molar refractivity (Wildman–Crippen MR) is 131 cm³/mol. The SMILES string of the molecule is N#Cc1ccn2ncc(-c3ccc4nc(N5CCC(N)C5)c(=O)n(C5CCC(O)CC5)c4n3)c2c1. The molecule has 1 aliphatic heterocycles. The van der Waals surface area contributed by atoms with Gasteiger partial charge in [-0.05, 0) is 56.4 Å². The fourth-order valence-electron chi connectivity index (χ4n) is 5.31. The van der Waals surface area contributed by atoms with E-state index < -0.39 is 0 Å². The van der Waals surface area contributed by atoms with Crippen LogP contribution in [0.1, 0.15) is 43.7 Å². The van der Waals surface area contributed by atoms with Crippen molar-refractivity contribution >= 4 is 22.5 Å². The molecule has 35 heavy (non-hydrogen) atoms. The summed E-state index contributed by atoms with van der Waals surface area (Å²) in [5.41, 5.74) is 9.85. The molecule has 1 unspecified atom stereocenters. The maximum absolute atomic E-state index is 13.8. The molecule has 178 valence electrons. The Labute approximate surface area is 201 Å². The number of fused-ring (bicyclic) bond motifs is 2. The van der Waals surface area contributed by atoms with Gasteiger partial charge in [0, 0.05) is 36.9 Å². The molecule has 1 saturated carbocycles. The molecule has 4 aromatic heterocycles. The summed E-state index contributed by atoms with van der Waals surface area (Å²) in [5, 5.41) is 23.8. The van der Waals surface area contributed by atoms with Gasteiger partial charge in [-0.25, -0.2) is 14.5 Å². The second-order valence-electron chi connectivity index (χ2n) is 9.52. The van der Waals surface area contributed by atoms with Crippen LogP contribution in [0.3, 0.4) is 0 Å². The highest BCUT2D eigenvalue weighted by Gasteiger charge is 2.29. The molecule has 5 heterocycles. The van der Waals surface area contributed by atoms with Gasteiger partial charge >= 0.3 is 0 Å². The fourth-order valence-corrected chi connectivity index (χ4v) is 5.31. The molecular formula is C25H26N8O2. The quantitative estimate of drug-likeness (QED) is 0.464. The Hall–Kier alpha value is -3.81. The van der Waals surface area contributed by atoms with E-state index in [1.165, 1.54) is 0 Å². The van der Waals surface area contributed by atoms with Crippen LogP contribution in [0, 0.1) is 11.3 Å². The van der Waals surface area contributed by atoms with E-state index in [4.69, 9.17) is 15.7 Å². The smallest absolute Gasteiger partial charge is 0.295 e. The lowest BCUT2D eigenvalue weighted by Crippen LogP contribution is -2.37. The van der Waals surface area contributed by atoms with E-state index in [1.54, 1.807) is 33.6 Å².